The van der Waals surface area contributed by atoms with E-state index in [0.29, 0.717) is 5.13 Å². The highest BCUT2D eigenvalue weighted by Gasteiger charge is 2.04. The first-order valence-electron chi connectivity index (χ1n) is 6.92. The van der Waals surface area contributed by atoms with Crippen LogP contribution in [0.5, 0.6) is 11.5 Å². The van der Waals surface area contributed by atoms with Crippen molar-refractivity contribution in [2.75, 3.05) is 12.5 Å². The SMILES string of the molecule is COc1cccc(/C=N/Nc2nc(-c3cccc(O)c3)cs2)c1. The van der Waals surface area contributed by atoms with Crippen LogP contribution in [0.15, 0.2) is 59.0 Å². The number of rotatable bonds is 5. The molecule has 0 unspecified atom stereocenters. The second kappa shape index (κ2) is 6.93. The maximum atomic E-state index is 9.52. The van der Waals surface area contributed by atoms with Crippen LogP contribution in [0.2, 0.25) is 0 Å². The monoisotopic (exact) mass is 325 g/mol. The van der Waals surface area contributed by atoms with Crippen molar-refractivity contribution >= 4 is 22.7 Å². The normalized spacial score (nSPS) is 10.8. The number of aromatic hydroxyl groups is 1. The molecular formula is C17H15N3O2S. The predicted octanol–water partition coefficient (Wildman–Crippen LogP) is 3.97. The zero-order valence-corrected chi connectivity index (χ0v) is 13.2. The molecule has 0 amide bonds. The molecule has 0 bridgehead atoms. The van der Waals surface area contributed by atoms with Crippen molar-refractivity contribution in [1.82, 2.24) is 4.98 Å². The van der Waals surface area contributed by atoms with Crippen LogP contribution in [0.4, 0.5) is 5.13 Å². The van der Waals surface area contributed by atoms with Gasteiger partial charge in [0, 0.05) is 10.9 Å². The van der Waals surface area contributed by atoms with E-state index in [2.05, 4.69) is 15.5 Å². The molecule has 1 aromatic heterocycles. The van der Waals surface area contributed by atoms with Crippen LogP contribution in [-0.2, 0) is 0 Å². The number of benzene rings is 2. The van der Waals surface area contributed by atoms with Crippen LogP contribution in [0.1, 0.15) is 5.56 Å². The van der Waals surface area contributed by atoms with Gasteiger partial charge in [0.05, 0.1) is 19.0 Å². The highest BCUT2D eigenvalue weighted by Crippen LogP contribution is 2.27. The zero-order valence-electron chi connectivity index (χ0n) is 12.4. The smallest absolute Gasteiger partial charge is 0.203 e. The molecule has 0 aliphatic rings. The number of methoxy groups -OCH3 is 1. The maximum absolute atomic E-state index is 9.52. The number of nitrogens with one attached hydrogen (secondary N) is 1. The number of aromatic nitrogens is 1. The highest BCUT2D eigenvalue weighted by molar-refractivity contribution is 7.14. The number of thiazole rings is 1. The molecule has 1 heterocycles. The summed E-state index contributed by atoms with van der Waals surface area (Å²) in [5.41, 5.74) is 5.50. The van der Waals surface area contributed by atoms with Crippen molar-refractivity contribution in [1.29, 1.82) is 0 Å². The Morgan fingerprint density at radius 3 is 2.91 bits per heavy atom. The van der Waals surface area contributed by atoms with Gasteiger partial charge in [0.1, 0.15) is 11.5 Å². The van der Waals surface area contributed by atoms with Gasteiger partial charge in [0.2, 0.25) is 5.13 Å². The van der Waals surface area contributed by atoms with Crippen molar-refractivity contribution in [3.63, 3.8) is 0 Å². The standard InChI is InChI=1S/C17H15N3O2S/c1-22-15-7-2-4-12(8-15)10-18-20-17-19-16(11-23-17)13-5-3-6-14(21)9-13/h2-11,21H,1H3,(H,19,20)/b18-10+. The third-order valence-corrected chi connectivity index (χ3v) is 3.86. The number of hydrogen-bond acceptors (Lipinski definition) is 6. The largest absolute Gasteiger partial charge is 0.508 e. The van der Waals surface area contributed by atoms with E-state index >= 15 is 0 Å². The van der Waals surface area contributed by atoms with E-state index in [1.807, 2.05) is 35.7 Å². The second-order valence-corrected chi connectivity index (χ2v) is 5.59. The van der Waals surface area contributed by atoms with Gasteiger partial charge in [-0.3, -0.25) is 5.43 Å². The van der Waals surface area contributed by atoms with Crippen LogP contribution < -0.4 is 10.2 Å². The van der Waals surface area contributed by atoms with Gasteiger partial charge < -0.3 is 9.84 Å². The Morgan fingerprint density at radius 2 is 2.09 bits per heavy atom. The topological polar surface area (TPSA) is 66.7 Å². The summed E-state index contributed by atoms with van der Waals surface area (Å²) >= 11 is 1.45. The van der Waals surface area contributed by atoms with E-state index in [9.17, 15) is 5.11 Å². The van der Waals surface area contributed by atoms with E-state index < -0.39 is 0 Å². The van der Waals surface area contributed by atoms with Crippen molar-refractivity contribution in [2.45, 2.75) is 0 Å². The Balaban J connectivity index is 1.68. The molecule has 5 nitrogen and oxygen atoms in total. The van der Waals surface area contributed by atoms with Gasteiger partial charge in [-0.25, -0.2) is 4.98 Å². The summed E-state index contributed by atoms with van der Waals surface area (Å²) in [6.07, 6.45) is 1.71. The molecule has 0 fully saturated rings. The number of hydrogen-bond donors (Lipinski definition) is 2. The summed E-state index contributed by atoms with van der Waals surface area (Å²) in [4.78, 5) is 4.44. The fourth-order valence-corrected chi connectivity index (χ4v) is 2.68. The van der Waals surface area contributed by atoms with Gasteiger partial charge >= 0.3 is 0 Å². The Morgan fingerprint density at radius 1 is 1.22 bits per heavy atom. The molecule has 0 aliphatic carbocycles. The average molecular weight is 325 g/mol. The van der Waals surface area contributed by atoms with Crippen LogP contribution in [0.3, 0.4) is 0 Å². The molecule has 6 heteroatoms. The summed E-state index contributed by atoms with van der Waals surface area (Å²) in [5, 5.41) is 16.3. The number of phenolic OH excluding ortho intramolecular Hbond substituents is 1. The van der Waals surface area contributed by atoms with Crippen LogP contribution in [-0.4, -0.2) is 23.4 Å². The third kappa shape index (κ3) is 3.87. The molecule has 0 saturated heterocycles. The predicted molar refractivity (Wildman–Crippen MR) is 93.4 cm³/mol. The van der Waals surface area contributed by atoms with E-state index in [0.717, 1.165) is 22.6 Å². The average Bonchev–Trinajstić information content (AvgIpc) is 3.04. The Hall–Kier alpha value is -2.86. The lowest BCUT2D eigenvalue weighted by Gasteiger charge is -1.99. The fraction of sp³-hybridized carbons (Fsp3) is 0.0588. The van der Waals surface area contributed by atoms with Gasteiger partial charge in [-0.15, -0.1) is 11.3 Å². The van der Waals surface area contributed by atoms with Gasteiger partial charge in [0.15, 0.2) is 0 Å². The first-order valence-corrected chi connectivity index (χ1v) is 7.80. The van der Waals surface area contributed by atoms with Crippen molar-refractivity contribution in [2.24, 2.45) is 5.10 Å². The van der Waals surface area contributed by atoms with Crippen molar-refractivity contribution in [3.05, 3.63) is 59.5 Å². The van der Waals surface area contributed by atoms with E-state index in [4.69, 9.17) is 4.74 Å². The van der Waals surface area contributed by atoms with Gasteiger partial charge in [-0.1, -0.05) is 24.3 Å². The summed E-state index contributed by atoms with van der Waals surface area (Å²) in [6.45, 7) is 0. The zero-order chi connectivity index (χ0) is 16.1. The van der Waals surface area contributed by atoms with Crippen LogP contribution in [0.25, 0.3) is 11.3 Å². The number of hydrazone groups is 1. The lowest BCUT2D eigenvalue weighted by Crippen LogP contribution is -1.91. The quantitative estimate of drug-likeness (QED) is 0.550. The Bertz CT molecular complexity index is 830. The highest BCUT2D eigenvalue weighted by atomic mass is 32.1. The van der Waals surface area contributed by atoms with Gasteiger partial charge in [0.25, 0.3) is 0 Å². The molecule has 23 heavy (non-hydrogen) atoms. The minimum Gasteiger partial charge on any atom is -0.508 e. The lowest BCUT2D eigenvalue weighted by molar-refractivity contribution is 0.415. The van der Waals surface area contributed by atoms with Gasteiger partial charge in [-0.05, 0) is 29.8 Å². The van der Waals surface area contributed by atoms with E-state index in [-0.39, 0.29) is 5.75 Å². The van der Waals surface area contributed by atoms with Crippen LogP contribution >= 0.6 is 11.3 Å². The molecule has 3 rings (SSSR count). The summed E-state index contributed by atoms with van der Waals surface area (Å²) in [7, 11) is 1.63. The molecule has 3 aromatic rings. The molecule has 0 saturated carbocycles. The van der Waals surface area contributed by atoms with Gasteiger partial charge in [-0.2, -0.15) is 5.10 Å². The minimum absolute atomic E-state index is 0.223. The Labute approximate surface area is 137 Å². The molecule has 0 radical (unpaired) electrons. The molecule has 0 aliphatic heterocycles. The number of nitrogens with zero attached hydrogens (tertiary/aromatic N) is 2. The van der Waals surface area contributed by atoms with Crippen molar-refractivity contribution in [3.8, 4) is 22.8 Å². The van der Waals surface area contributed by atoms with Crippen LogP contribution in [0, 0.1) is 0 Å². The minimum atomic E-state index is 0.223. The number of ether oxygens (including phenoxy) is 1. The molecular weight excluding hydrogens is 310 g/mol. The molecule has 0 atom stereocenters. The van der Waals surface area contributed by atoms with E-state index in [1.165, 1.54) is 11.3 Å². The fourth-order valence-electron chi connectivity index (χ4n) is 2.01. The second-order valence-electron chi connectivity index (χ2n) is 4.73. The molecule has 0 spiro atoms. The molecule has 116 valence electrons. The number of phenols is 1. The summed E-state index contributed by atoms with van der Waals surface area (Å²) < 4.78 is 5.17. The molecule has 2 aromatic carbocycles. The van der Waals surface area contributed by atoms with Crippen molar-refractivity contribution < 1.29 is 9.84 Å². The van der Waals surface area contributed by atoms with E-state index in [1.54, 1.807) is 31.5 Å². The molecule has 2 N–H and O–H groups in total. The maximum Gasteiger partial charge on any atom is 0.203 e. The first kappa shape index (κ1) is 15.1. The Kier molecular flexibility index (Phi) is 4.54. The third-order valence-electron chi connectivity index (χ3n) is 3.11. The lowest BCUT2D eigenvalue weighted by atomic mass is 10.2. The first-order chi connectivity index (χ1) is 11.2. The summed E-state index contributed by atoms with van der Waals surface area (Å²) in [5.74, 6) is 1.01. The number of anilines is 1. The summed E-state index contributed by atoms with van der Waals surface area (Å²) in [6, 6.07) is 14.6.